The van der Waals surface area contributed by atoms with Crippen molar-refractivity contribution in [2.24, 2.45) is 5.73 Å². The minimum Gasteiger partial charge on any atom is -0.495 e. The third kappa shape index (κ3) is 4.20. The van der Waals surface area contributed by atoms with E-state index in [0.29, 0.717) is 21.5 Å². The maximum Gasteiger partial charge on any atom is 0.351 e. The molecule has 0 saturated heterocycles. The molecule has 21 heavy (non-hydrogen) atoms. The van der Waals surface area contributed by atoms with Crippen molar-refractivity contribution in [2.45, 2.75) is 19.6 Å². The van der Waals surface area contributed by atoms with Gasteiger partial charge >= 0.3 is 7.60 Å². The lowest BCUT2D eigenvalue weighted by Gasteiger charge is -2.24. The molecule has 2 N–H and O–H groups in total. The van der Waals surface area contributed by atoms with Gasteiger partial charge in [-0.3, -0.25) is 4.57 Å². The Morgan fingerprint density at radius 1 is 1.14 bits per heavy atom. The Hall–Kier alpha value is -0.590. The van der Waals surface area contributed by atoms with Crippen molar-refractivity contribution in [3.8, 4) is 11.5 Å². The highest BCUT2D eigenvalue weighted by molar-refractivity contribution is 9.10. The summed E-state index contributed by atoms with van der Waals surface area (Å²) in [6.07, 6.45) is 0. The highest BCUT2D eigenvalue weighted by Crippen LogP contribution is 2.59. The summed E-state index contributed by atoms with van der Waals surface area (Å²) in [7, 11) is -0.402. The monoisotopic (exact) mass is 381 g/mol. The third-order valence-corrected chi connectivity index (χ3v) is 5.77. The summed E-state index contributed by atoms with van der Waals surface area (Å²) in [6, 6.07) is 3.36. The Morgan fingerprint density at radius 3 is 1.90 bits per heavy atom. The fourth-order valence-electron chi connectivity index (χ4n) is 1.80. The summed E-state index contributed by atoms with van der Waals surface area (Å²) in [5.74, 6) is 0.131. The number of rotatable bonds is 8. The highest BCUT2D eigenvalue weighted by Gasteiger charge is 2.34. The third-order valence-electron chi connectivity index (χ3n) is 2.77. The number of hydrogen-bond acceptors (Lipinski definition) is 6. The molecule has 0 saturated carbocycles. The van der Waals surface area contributed by atoms with Crippen LogP contribution in [0.2, 0.25) is 0 Å². The van der Waals surface area contributed by atoms with Crippen molar-refractivity contribution in [1.82, 2.24) is 0 Å². The van der Waals surface area contributed by atoms with Gasteiger partial charge in [0, 0.05) is 0 Å². The van der Waals surface area contributed by atoms with Crippen LogP contribution in [0.5, 0.6) is 11.5 Å². The summed E-state index contributed by atoms with van der Waals surface area (Å²) in [4.78, 5) is 0. The van der Waals surface area contributed by atoms with Crippen molar-refractivity contribution >= 4 is 23.5 Å². The molecule has 0 aliphatic rings. The first-order chi connectivity index (χ1) is 9.93. The van der Waals surface area contributed by atoms with Gasteiger partial charge in [0.05, 0.1) is 27.4 Å². The molecule has 0 bridgehead atoms. The van der Waals surface area contributed by atoms with Gasteiger partial charge < -0.3 is 24.3 Å². The van der Waals surface area contributed by atoms with Gasteiger partial charge in [0.1, 0.15) is 21.8 Å². The summed E-state index contributed by atoms with van der Waals surface area (Å²) in [5.41, 5.74) is 6.66. The van der Waals surface area contributed by atoms with Crippen LogP contribution in [0.4, 0.5) is 0 Å². The molecule has 0 amide bonds. The van der Waals surface area contributed by atoms with Gasteiger partial charge in [-0.2, -0.15) is 0 Å². The Kier molecular flexibility index (Phi) is 7.16. The van der Waals surface area contributed by atoms with Gasteiger partial charge in [-0.1, -0.05) is 0 Å². The molecule has 0 aliphatic carbocycles. The van der Waals surface area contributed by atoms with Crippen LogP contribution < -0.4 is 15.2 Å². The molecule has 1 aromatic carbocycles. The first-order valence-electron chi connectivity index (χ1n) is 6.49. The normalized spacial score (nSPS) is 13.0. The van der Waals surface area contributed by atoms with Crippen molar-refractivity contribution in [2.75, 3.05) is 27.4 Å². The smallest absolute Gasteiger partial charge is 0.351 e. The summed E-state index contributed by atoms with van der Waals surface area (Å²) in [5, 5.41) is 0. The SMILES string of the molecule is CCOP(=O)(OCC)[C@@H](N)c1cc(OC)c(Br)c(OC)c1. The fourth-order valence-corrected chi connectivity index (χ4v) is 3.98. The minimum atomic E-state index is -3.46. The lowest BCUT2D eigenvalue weighted by Crippen LogP contribution is -2.15. The van der Waals surface area contributed by atoms with Crippen LogP contribution in [-0.4, -0.2) is 27.4 Å². The Morgan fingerprint density at radius 2 is 1.57 bits per heavy atom. The van der Waals surface area contributed by atoms with Crippen molar-refractivity contribution in [3.63, 3.8) is 0 Å². The first-order valence-corrected chi connectivity index (χ1v) is 8.89. The first kappa shape index (κ1) is 18.5. The molecular formula is C13H21BrNO5P. The fraction of sp³-hybridized carbons (Fsp3) is 0.538. The molecule has 1 rings (SSSR count). The molecule has 0 heterocycles. The van der Waals surface area contributed by atoms with Crippen LogP contribution in [-0.2, 0) is 13.6 Å². The number of hydrogen-bond donors (Lipinski definition) is 1. The molecule has 120 valence electrons. The average molecular weight is 382 g/mol. The minimum absolute atomic E-state index is 0.246. The van der Waals surface area contributed by atoms with Gasteiger partial charge in [-0.05, 0) is 47.5 Å². The number of benzene rings is 1. The summed E-state index contributed by atoms with van der Waals surface area (Å²) >= 11 is 3.37. The maximum absolute atomic E-state index is 12.7. The lowest BCUT2D eigenvalue weighted by molar-refractivity contribution is 0.212. The van der Waals surface area contributed by atoms with E-state index in [1.165, 1.54) is 14.2 Å². The van der Waals surface area contributed by atoms with Crippen LogP contribution in [0.15, 0.2) is 16.6 Å². The van der Waals surface area contributed by atoms with E-state index in [4.69, 9.17) is 24.3 Å². The predicted octanol–water partition coefficient (Wildman–Crippen LogP) is 3.69. The predicted molar refractivity (Wildman–Crippen MR) is 85.0 cm³/mol. The quantitative estimate of drug-likeness (QED) is 0.691. The number of halogens is 1. The van der Waals surface area contributed by atoms with Crippen molar-refractivity contribution in [3.05, 3.63) is 22.2 Å². The summed E-state index contributed by atoms with van der Waals surface area (Å²) < 4.78 is 34.5. The van der Waals surface area contributed by atoms with E-state index in [1.807, 2.05) is 0 Å². The molecule has 1 atom stereocenters. The van der Waals surface area contributed by atoms with E-state index in [-0.39, 0.29) is 13.2 Å². The van der Waals surface area contributed by atoms with E-state index < -0.39 is 13.4 Å². The Bertz CT molecular complexity index is 490. The molecule has 6 nitrogen and oxygen atoms in total. The number of nitrogens with two attached hydrogens (primary N) is 1. The van der Waals surface area contributed by atoms with Gasteiger partial charge in [-0.25, -0.2) is 0 Å². The molecule has 1 aromatic rings. The van der Waals surface area contributed by atoms with E-state index >= 15 is 0 Å². The second-order valence-corrected chi connectivity index (χ2v) is 7.01. The maximum atomic E-state index is 12.7. The van der Waals surface area contributed by atoms with Crippen LogP contribution in [0.3, 0.4) is 0 Å². The van der Waals surface area contributed by atoms with E-state index in [2.05, 4.69) is 15.9 Å². The van der Waals surface area contributed by atoms with Gasteiger partial charge in [0.2, 0.25) is 0 Å². The molecule has 8 heteroatoms. The van der Waals surface area contributed by atoms with Crippen LogP contribution in [0.1, 0.15) is 25.2 Å². The molecule has 0 unspecified atom stereocenters. The second-order valence-electron chi connectivity index (χ2n) is 4.06. The summed E-state index contributed by atoms with van der Waals surface area (Å²) in [6.45, 7) is 3.97. The molecule has 0 fully saturated rings. The molecule has 0 aromatic heterocycles. The van der Waals surface area contributed by atoms with Crippen LogP contribution in [0.25, 0.3) is 0 Å². The standard InChI is InChI=1S/C13H21BrNO5P/c1-5-19-21(16,20-6-2)13(15)9-7-10(17-3)12(14)11(8-9)18-4/h7-8,13H,5-6,15H2,1-4H3/t13-/m1/s1. The lowest BCUT2D eigenvalue weighted by atomic mass is 10.2. The second kappa shape index (κ2) is 8.15. The van der Waals surface area contributed by atoms with E-state index in [0.717, 1.165) is 0 Å². The number of methoxy groups -OCH3 is 2. The van der Waals surface area contributed by atoms with E-state index in [9.17, 15) is 4.57 Å². The van der Waals surface area contributed by atoms with Crippen molar-refractivity contribution in [1.29, 1.82) is 0 Å². The van der Waals surface area contributed by atoms with Crippen molar-refractivity contribution < 1.29 is 23.1 Å². The molecule has 0 aliphatic heterocycles. The van der Waals surface area contributed by atoms with Gasteiger partial charge in [-0.15, -0.1) is 0 Å². The van der Waals surface area contributed by atoms with Gasteiger partial charge in [0.25, 0.3) is 0 Å². The Balaban J connectivity index is 3.27. The zero-order valence-electron chi connectivity index (χ0n) is 12.6. The zero-order valence-corrected chi connectivity index (χ0v) is 15.1. The van der Waals surface area contributed by atoms with E-state index in [1.54, 1.807) is 26.0 Å². The number of ether oxygens (including phenoxy) is 2. The van der Waals surface area contributed by atoms with Crippen LogP contribution >= 0.6 is 23.5 Å². The Labute approximate surface area is 133 Å². The average Bonchev–Trinajstić information content (AvgIpc) is 2.47. The van der Waals surface area contributed by atoms with Gasteiger partial charge in [0.15, 0.2) is 0 Å². The molecular weight excluding hydrogens is 361 g/mol. The topological polar surface area (TPSA) is 80.0 Å². The van der Waals surface area contributed by atoms with Crippen LogP contribution in [0, 0.1) is 0 Å². The molecule has 0 radical (unpaired) electrons. The largest absolute Gasteiger partial charge is 0.495 e. The molecule has 0 spiro atoms. The highest BCUT2D eigenvalue weighted by atomic mass is 79.9. The zero-order chi connectivity index (χ0) is 16.0.